The van der Waals surface area contributed by atoms with Crippen molar-refractivity contribution in [1.29, 1.82) is 0 Å². The van der Waals surface area contributed by atoms with Gasteiger partial charge in [0.15, 0.2) is 0 Å². The molecular weight excluding hydrogens is 558 g/mol. The number of nitrogens with zero attached hydrogens (tertiary/aromatic N) is 1. The summed E-state index contributed by atoms with van der Waals surface area (Å²) in [5.74, 6) is -1.09. The van der Waals surface area contributed by atoms with Crippen molar-refractivity contribution in [3.8, 4) is 11.1 Å². The highest BCUT2D eigenvalue weighted by Crippen LogP contribution is 2.30. The van der Waals surface area contributed by atoms with Gasteiger partial charge in [-0.3, -0.25) is 9.69 Å². The fraction of sp³-hybridized carbons (Fsp3) is 0.355. The quantitative estimate of drug-likeness (QED) is 0.282. The lowest BCUT2D eigenvalue weighted by molar-refractivity contribution is -0.139. The Morgan fingerprint density at radius 2 is 1.68 bits per heavy atom. The number of nitrogens with one attached hydrogen (secondary N) is 2. The SMILES string of the molecule is CSCC[C@H](NC(=O)c1ccc(S(=O)(=O)NC2CCN(Cc3ccccc3)CC2)cc1-c1ccccc1C)C(=O)O. The minimum absolute atomic E-state index is 0.0659. The molecule has 0 saturated carbocycles. The van der Waals surface area contributed by atoms with E-state index in [2.05, 4.69) is 27.1 Å². The van der Waals surface area contributed by atoms with Gasteiger partial charge in [-0.1, -0.05) is 54.6 Å². The smallest absolute Gasteiger partial charge is 0.326 e. The normalized spacial score (nSPS) is 15.4. The van der Waals surface area contributed by atoms with Crippen LogP contribution in [0.5, 0.6) is 0 Å². The number of benzene rings is 3. The minimum atomic E-state index is -3.87. The first-order chi connectivity index (χ1) is 19.7. The number of carboxylic acids is 1. The lowest BCUT2D eigenvalue weighted by Gasteiger charge is -2.32. The third-order valence-corrected chi connectivity index (χ3v) is 9.52. The van der Waals surface area contributed by atoms with E-state index in [0.29, 0.717) is 29.7 Å². The predicted octanol–water partition coefficient (Wildman–Crippen LogP) is 4.54. The number of rotatable bonds is 12. The van der Waals surface area contributed by atoms with Gasteiger partial charge in [0.25, 0.3) is 5.91 Å². The monoisotopic (exact) mass is 595 g/mol. The molecule has 0 spiro atoms. The van der Waals surface area contributed by atoms with E-state index in [-0.39, 0.29) is 22.9 Å². The molecule has 1 atom stereocenters. The zero-order chi connectivity index (χ0) is 29.4. The maximum absolute atomic E-state index is 13.5. The summed E-state index contributed by atoms with van der Waals surface area (Å²) in [5, 5.41) is 12.2. The summed E-state index contributed by atoms with van der Waals surface area (Å²) in [6.45, 7) is 4.30. The maximum Gasteiger partial charge on any atom is 0.326 e. The summed E-state index contributed by atoms with van der Waals surface area (Å²) in [6, 6.07) is 20.8. The molecule has 0 radical (unpaired) electrons. The highest BCUT2D eigenvalue weighted by molar-refractivity contribution is 7.98. The van der Waals surface area contributed by atoms with Crippen LogP contribution in [-0.2, 0) is 21.4 Å². The number of thioether (sulfide) groups is 1. The summed E-state index contributed by atoms with van der Waals surface area (Å²) in [6.07, 6.45) is 3.55. The first-order valence-corrected chi connectivity index (χ1v) is 16.6. The fourth-order valence-electron chi connectivity index (χ4n) is 5.05. The molecule has 8 nitrogen and oxygen atoms in total. The molecule has 0 aromatic heterocycles. The summed E-state index contributed by atoms with van der Waals surface area (Å²) >= 11 is 1.50. The van der Waals surface area contributed by atoms with Crippen molar-refractivity contribution >= 4 is 33.7 Å². The molecule has 3 N–H and O–H groups in total. The van der Waals surface area contributed by atoms with E-state index in [9.17, 15) is 23.1 Å². The molecular formula is C31H37N3O5S2. The van der Waals surface area contributed by atoms with E-state index in [1.54, 1.807) is 0 Å². The Hall–Kier alpha value is -3.18. The van der Waals surface area contributed by atoms with Crippen molar-refractivity contribution in [2.75, 3.05) is 25.1 Å². The van der Waals surface area contributed by atoms with Gasteiger partial charge in [0, 0.05) is 31.2 Å². The van der Waals surface area contributed by atoms with Crippen molar-refractivity contribution < 1.29 is 23.1 Å². The topological polar surface area (TPSA) is 116 Å². The molecule has 1 aliphatic rings. The molecule has 218 valence electrons. The molecule has 3 aromatic rings. The van der Waals surface area contributed by atoms with E-state index >= 15 is 0 Å². The molecule has 0 unspecified atom stereocenters. The molecule has 4 rings (SSSR count). The van der Waals surface area contributed by atoms with Crippen LogP contribution >= 0.6 is 11.8 Å². The third kappa shape index (κ3) is 8.19. The second-order valence-corrected chi connectivity index (χ2v) is 13.0. The van der Waals surface area contributed by atoms with E-state index in [1.807, 2.05) is 55.6 Å². The van der Waals surface area contributed by atoms with Gasteiger partial charge in [-0.25, -0.2) is 17.9 Å². The van der Waals surface area contributed by atoms with E-state index < -0.39 is 27.9 Å². The van der Waals surface area contributed by atoms with Gasteiger partial charge in [-0.2, -0.15) is 11.8 Å². The van der Waals surface area contributed by atoms with Crippen LogP contribution < -0.4 is 10.0 Å². The first-order valence-electron chi connectivity index (χ1n) is 13.7. The Morgan fingerprint density at radius 1 is 1.00 bits per heavy atom. The Balaban J connectivity index is 1.54. The lowest BCUT2D eigenvalue weighted by Crippen LogP contribution is -2.44. The molecule has 1 fully saturated rings. The maximum atomic E-state index is 13.5. The van der Waals surface area contributed by atoms with Crippen LogP contribution in [0.25, 0.3) is 11.1 Å². The number of aryl methyl sites for hydroxylation is 1. The molecule has 1 heterocycles. The number of carbonyl (C=O) groups excluding carboxylic acids is 1. The third-order valence-electron chi connectivity index (χ3n) is 7.35. The highest BCUT2D eigenvalue weighted by atomic mass is 32.2. The Bertz CT molecular complexity index is 1460. The zero-order valence-electron chi connectivity index (χ0n) is 23.4. The number of sulfonamides is 1. The molecule has 0 aliphatic carbocycles. The van der Waals surface area contributed by atoms with Gasteiger partial charge < -0.3 is 10.4 Å². The van der Waals surface area contributed by atoms with Gasteiger partial charge >= 0.3 is 5.97 Å². The molecule has 0 bridgehead atoms. The largest absolute Gasteiger partial charge is 0.480 e. The van der Waals surface area contributed by atoms with Crippen LogP contribution in [0.2, 0.25) is 0 Å². The van der Waals surface area contributed by atoms with Crippen molar-refractivity contribution in [3.63, 3.8) is 0 Å². The van der Waals surface area contributed by atoms with Gasteiger partial charge in [0.2, 0.25) is 10.0 Å². The van der Waals surface area contributed by atoms with Crippen molar-refractivity contribution in [3.05, 3.63) is 89.5 Å². The number of hydrogen-bond donors (Lipinski definition) is 3. The van der Waals surface area contributed by atoms with E-state index in [0.717, 1.165) is 25.2 Å². The van der Waals surface area contributed by atoms with Gasteiger partial charge in [-0.05, 0) is 78.6 Å². The van der Waals surface area contributed by atoms with Crippen LogP contribution in [-0.4, -0.2) is 67.5 Å². The number of aliphatic carboxylic acids is 1. The van der Waals surface area contributed by atoms with Crippen molar-refractivity contribution in [2.45, 2.75) is 49.7 Å². The number of hydrogen-bond acceptors (Lipinski definition) is 6. The molecule has 1 saturated heterocycles. The van der Waals surface area contributed by atoms with Crippen molar-refractivity contribution in [1.82, 2.24) is 14.9 Å². The standard InChI is InChI=1S/C31H37N3O5S2/c1-22-8-6-7-11-26(22)28-20-25(12-13-27(28)30(35)32-29(31(36)37)16-19-40-2)41(38,39)33-24-14-17-34(18-15-24)21-23-9-4-3-5-10-23/h3-13,20,24,29,33H,14-19,21H2,1-2H3,(H,32,35)(H,36,37)/t29-/m0/s1. The first kappa shape index (κ1) is 30.8. The van der Waals surface area contributed by atoms with Crippen LogP contribution in [0, 0.1) is 6.92 Å². The van der Waals surface area contributed by atoms with Crippen LogP contribution in [0.3, 0.4) is 0 Å². The minimum Gasteiger partial charge on any atom is -0.480 e. The fourth-order valence-corrected chi connectivity index (χ4v) is 6.86. The molecule has 1 aliphatic heterocycles. The number of amides is 1. The van der Waals surface area contributed by atoms with Crippen LogP contribution in [0.1, 0.15) is 40.7 Å². The van der Waals surface area contributed by atoms with Gasteiger partial charge in [-0.15, -0.1) is 0 Å². The van der Waals surface area contributed by atoms with Crippen LogP contribution in [0.15, 0.2) is 77.7 Å². The second-order valence-electron chi connectivity index (χ2n) is 10.3. The summed E-state index contributed by atoms with van der Waals surface area (Å²) < 4.78 is 29.9. The van der Waals surface area contributed by atoms with E-state index in [1.165, 1.54) is 35.5 Å². The number of likely N-dealkylation sites (tertiary alicyclic amines) is 1. The van der Waals surface area contributed by atoms with Gasteiger partial charge in [0.05, 0.1) is 4.90 Å². The summed E-state index contributed by atoms with van der Waals surface area (Å²) in [7, 11) is -3.87. The Labute approximate surface area is 246 Å². The van der Waals surface area contributed by atoms with Crippen molar-refractivity contribution in [2.24, 2.45) is 0 Å². The Kier molecular flexibility index (Phi) is 10.6. The number of carbonyl (C=O) groups is 2. The van der Waals surface area contributed by atoms with Crippen LogP contribution in [0.4, 0.5) is 0 Å². The number of piperidine rings is 1. The average Bonchev–Trinajstić information content (AvgIpc) is 2.96. The molecule has 3 aromatic carbocycles. The van der Waals surface area contributed by atoms with E-state index in [4.69, 9.17) is 0 Å². The number of carboxylic acid groups (broad SMARTS) is 1. The Morgan fingerprint density at radius 3 is 2.34 bits per heavy atom. The molecule has 41 heavy (non-hydrogen) atoms. The molecule has 10 heteroatoms. The zero-order valence-corrected chi connectivity index (χ0v) is 25.0. The average molecular weight is 596 g/mol. The second kappa shape index (κ2) is 14.1. The van der Waals surface area contributed by atoms with Gasteiger partial charge in [0.1, 0.15) is 6.04 Å². The summed E-state index contributed by atoms with van der Waals surface area (Å²) in [4.78, 5) is 27.5. The highest BCUT2D eigenvalue weighted by Gasteiger charge is 2.27. The lowest BCUT2D eigenvalue weighted by atomic mass is 9.95. The predicted molar refractivity (Wildman–Crippen MR) is 164 cm³/mol. The summed E-state index contributed by atoms with van der Waals surface area (Å²) in [5.41, 5.74) is 3.48. The molecule has 1 amide bonds.